The summed E-state index contributed by atoms with van der Waals surface area (Å²) in [5, 5.41) is 3.41. The lowest BCUT2D eigenvalue weighted by Crippen LogP contribution is -2.34. The summed E-state index contributed by atoms with van der Waals surface area (Å²) in [5.41, 5.74) is 5.83. The van der Waals surface area contributed by atoms with E-state index in [0.29, 0.717) is 17.8 Å². The van der Waals surface area contributed by atoms with Gasteiger partial charge in [-0.15, -0.1) is 0 Å². The smallest absolute Gasteiger partial charge is 0.135 e. The molecule has 0 radical (unpaired) electrons. The highest BCUT2D eigenvalue weighted by Crippen LogP contribution is 2.19. The molecule has 1 aliphatic heterocycles. The molecule has 1 aromatic heterocycles. The van der Waals surface area contributed by atoms with Gasteiger partial charge in [-0.05, 0) is 25.9 Å². The zero-order chi connectivity index (χ0) is 13.8. The van der Waals surface area contributed by atoms with Crippen LogP contribution in [-0.4, -0.2) is 40.5 Å². The maximum absolute atomic E-state index is 5.83. The average Bonchev–Trinajstić information content (AvgIpc) is 2.83. The Kier molecular flexibility index (Phi) is 4.58. The molecule has 1 aliphatic rings. The van der Waals surface area contributed by atoms with E-state index in [1.165, 1.54) is 19.4 Å². The third-order valence-electron chi connectivity index (χ3n) is 3.70. The van der Waals surface area contributed by atoms with Crippen LogP contribution in [0.5, 0.6) is 0 Å². The van der Waals surface area contributed by atoms with E-state index in [-0.39, 0.29) is 0 Å². The first-order valence-electron chi connectivity index (χ1n) is 7.22. The first kappa shape index (κ1) is 14.1. The lowest BCUT2D eigenvalue weighted by atomic mass is 10.2. The van der Waals surface area contributed by atoms with Crippen LogP contribution in [0.25, 0.3) is 0 Å². The summed E-state index contributed by atoms with van der Waals surface area (Å²) in [7, 11) is 0. The quantitative estimate of drug-likeness (QED) is 0.851. The Hall–Kier alpha value is -1.36. The van der Waals surface area contributed by atoms with Crippen molar-refractivity contribution in [3.8, 4) is 0 Å². The maximum Gasteiger partial charge on any atom is 0.135 e. The minimum Gasteiger partial charge on any atom is -0.384 e. The molecule has 0 aliphatic carbocycles. The van der Waals surface area contributed by atoms with Crippen molar-refractivity contribution in [3.63, 3.8) is 0 Å². The van der Waals surface area contributed by atoms with Gasteiger partial charge >= 0.3 is 0 Å². The van der Waals surface area contributed by atoms with Crippen molar-refractivity contribution in [3.05, 3.63) is 11.9 Å². The standard InChI is InChI=1S/C14H25N5/c1-4-19-7-5-6-11(19)9-16-13-8-12(15)17-14(18-13)10(2)3/h8,10-11H,4-7,9H2,1-3H3,(H3,15,16,17,18). The van der Waals surface area contributed by atoms with Gasteiger partial charge in [-0.3, -0.25) is 4.90 Å². The van der Waals surface area contributed by atoms with Crippen molar-refractivity contribution in [1.29, 1.82) is 0 Å². The number of likely N-dealkylation sites (N-methyl/N-ethyl adjacent to an activating group) is 1. The molecule has 0 aromatic carbocycles. The van der Waals surface area contributed by atoms with Gasteiger partial charge in [0, 0.05) is 24.6 Å². The van der Waals surface area contributed by atoms with E-state index >= 15 is 0 Å². The number of nitrogens with zero attached hydrogens (tertiary/aromatic N) is 3. The number of hydrogen-bond acceptors (Lipinski definition) is 5. The van der Waals surface area contributed by atoms with Gasteiger partial charge in [0.15, 0.2) is 0 Å². The number of likely N-dealkylation sites (tertiary alicyclic amines) is 1. The fourth-order valence-electron chi connectivity index (χ4n) is 2.60. The van der Waals surface area contributed by atoms with Crippen LogP contribution < -0.4 is 11.1 Å². The molecule has 3 N–H and O–H groups in total. The third kappa shape index (κ3) is 3.56. The van der Waals surface area contributed by atoms with Crippen molar-refractivity contribution in [2.45, 2.75) is 45.6 Å². The predicted octanol–water partition coefficient (Wildman–Crippen LogP) is 2.08. The Labute approximate surface area is 115 Å². The van der Waals surface area contributed by atoms with Gasteiger partial charge in [0.05, 0.1) is 0 Å². The van der Waals surface area contributed by atoms with E-state index in [1.54, 1.807) is 0 Å². The molecule has 0 spiro atoms. The van der Waals surface area contributed by atoms with Gasteiger partial charge < -0.3 is 11.1 Å². The van der Waals surface area contributed by atoms with Crippen LogP contribution in [0.3, 0.4) is 0 Å². The highest BCUT2D eigenvalue weighted by Gasteiger charge is 2.22. The average molecular weight is 263 g/mol. The molecule has 0 bridgehead atoms. The highest BCUT2D eigenvalue weighted by molar-refractivity contribution is 5.45. The number of nitrogens with two attached hydrogens (primary N) is 1. The monoisotopic (exact) mass is 263 g/mol. The Morgan fingerprint density at radius 2 is 2.26 bits per heavy atom. The van der Waals surface area contributed by atoms with Crippen LogP contribution >= 0.6 is 0 Å². The van der Waals surface area contributed by atoms with Crippen LogP contribution in [0.4, 0.5) is 11.6 Å². The van der Waals surface area contributed by atoms with E-state index in [2.05, 4.69) is 41.0 Å². The molecule has 0 saturated carbocycles. The van der Waals surface area contributed by atoms with Crippen molar-refractivity contribution in [2.75, 3.05) is 30.7 Å². The molecule has 1 saturated heterocycles. The fraction of sp³-hybridized carbons (Fsp3) is 0.714. The Balaban J connectivity index is 1.99. The molecule has 2 rings (SSSR count). The molecule has 1 aromatic rings. The first-order valence-corrected chi connectivity index (χ1v) is 7.22. The minimum absolute atomic E-state index is 0.294. The molecular weight excluding hydrogens is 238 g/mol. The third-order valence-corrected chi connectivity index (χ3v) is 3.70. The molecule has 2 heterocycles. The molecule has 5 heteroatoms. The molecule has 1 unspecified atom stereocenters. The normalized spacial score (nSPS) is 20.1. The molecule has 5 nitrogen and oxygen atoms in total. The Morgan fingerprint density at radius 1 is 1.47 bits per heavy atom. The molecular formula is C14H25N5. The number of aromatic nitrogens is 2. The van der Waals surface area contributed by atoms with Crippen LogP contribution in [-0.2, 0) is 0 Å². The molecule has 19 heavy (non-hydrogen) atoms. The second-order valence-electron chi connectivity index (χ2n) is 5.50. The molecule has 106 valence electrons. The maximum atomic E-state index is 5.83. The predicted molar refractivity (Wildman–Crippen MR) is 79.3 cm³/mol. The van der Waals surface area contributed by atoms with Crippen LogP contribution in [0.15, 0.2) is 6.07 Å². The van der Waals surface area contributed by atoms with E-state index < -0.39 is 0 Å². The number of anilines is 2. The summed E-state index contributed by atoms with van der Waals surface area (Å²) in [6, 6.07) is 2.43. The van der Waals surface area contributed by atoms with Crippen LogP contribution in [0.1, 0.15) is 45.4 Å². The zero-order valence-electron chi connectivity index (χ0n) is 12.2. The van der Waals surface area contributed by atoms with Crippen molar-refractivity contribution in [2.24, 2.45) is 0 Å². The molecule has 1 fully saturated rings. The highest BCUT2D eigenvalue weighted by atomic mass is 15.2. The zero-order valence-corrected chi connectivity index (χ0v) is 12.2. The van der Waals surface area contributed by atoms with Gasteiger partial charge in [0.2, 0.25) is 0 Å². The van der Waals surface area contributed by atoms with Gasteiger partial charge in [-0.25, -0.2) is 9.97 Å². The largest absolute Gasteiger partial charge is 0.384 e. The SMILES string of the molecule is CCN1CCCC1CNc1cc(N)nc(C(C)C)n1. The van der Waals surface area contributed by atoms with E-state index in [4.69, 9.17) is 5.73 Å². The van der Waals surface area contributed by atoms with Crippen molar-refractivity contribution < 1.29 is 0 Å². The Morgan fingerprint density at radius 3 is 2.95 bits per heavy atom. The van der Waals surface area contributed by atoms with Crippen LogP contribution in [0, 0.1) is 0 Å². The lowest BCUT2D eigenvalue weighted by Gasteiger charge is -2.23. The molecule has 1 atom stereocenters. The first-order chi connectivity index (χ1) is 9.10. The summed E-state index contributed by atoms with van der Waals surface area (Å²) < 4.78 is 0. The van der Waals surface area contributed by atoms with Crippen molar-refractivity contribution >= 4 is 11.6 Å². The fourth-order valence-corrected chi connectivity index (χ4v) is 2.60. The summed E-state index contributed by atoms with van der Waals surface area (Å²) in [4.78, 5) is 11.3. The summed E-state index contributed by atoms with van der Waals surface area (Å²) in [6.07, 6.45) is 2.56. The topological polar surface area (TPSA) is 67.1 Å². The second kappa shape index (κ2) is 6.19. The number of nitrogens with one attached hydrogen (secondary N) is 1. The summed E-state index contributed by atoms with van der Waals surface area (Å²) in [6.45, 7) is 9.64. The second-order valence-corrected chi connectivity index (χ2v) is 5.50. The number of hydrogen-bond donors (Lipinski definition) is 2. The number of nitrogen functional groups attached to an aromatic ring is 1. The van der Waals surface area contributed by atoms with Gasteiger partial charge in [-0.2, -0.15) is 0 Å². The van der Waals surface area contributed by atoms with Crippen molar-refractivity contribution in [1.82, 2.24) is 14.9 Å². The lowest BCUT2D eigenvalue weighted by molar-refractivity contribution is 0.277. The van der Waals surface area contributed by atoms with Crippen LogP contribution in [0.2, 0.25) is 0 Å². The summed E-state index contributed by atoms with van der Waals surface area (Å²) in [5.74, 6) is 2.49. The molecule has 0 amide bonds. The summed E-state index contributed by atoms with van der Waals surface area (Å²) >= 11 is 0. The minimum atomic E-state index is 0.294. The van der Waals surface area contributed by atoms with E-state index in [9.17, 15) is 0 Å². The number of rotatable bonds is 5. The van der Waals surface area contributed by atoms with Gasteiger partial charge in [0.25, 0.3) is 0 Å². The van der Waals surface area contributed by atoms with E-state index in [0.717, 1.165) is 24.7 Å². The van der Waals surface area contributed by atoms with Gasteiger partial charge in [0.1, 0.15) is 17.5 Å². The van der Waals surface area contributed by atoms with E-state index in [1.807, 2.05) is 6.07 Å². The van der Waals surface area contributed by atoms with Gasteiger partial charge in [-0.1, -0.05) is 20.8 Å². The Bertz CT molecular complexity index is 418.